The monoisotopic (exact) mass is 225 g/mol. The van der Waals surface area contributed by atoms with Gasteiger partial charge in [-0.2, -0.15) is 5.26 Å². The largest absolute Gasteiger partial charge is 0.287 e. The fraction of sp³-hybridized carbons (Fsp3) is 0. The molecule has 1 aromatic carbocycles. The number of nitriles is 1. The molecule has 0 amide bonds. The zero-order valence-corrected chi connectivity index (χ0v) is 9.11. The van der Waals surface area contributed by atoms with Crippen LogP contribution in [0, 0.1) is 10.7 Å². The van der Waals surface area contributed by atoms with Crippen LogP contribution in [-0.2, 0) is 0 Å². The van der Waals surface area contributed by atoms with Crippen LogP contribution in [-0.4, -0.2) is 9.38 Å². The second kappa shape index (κ2) is 3.54. The van der Waals surface area contributed by atoms with Gasteiger partial charge in [-0.1, -0.05) is 24.3 Å². The van der Waals surface area contributed by atoms with E-state index in [-0.39, 0.29) is 0 Å². The lowest BCUT2D eigenvalue weighted by molar-refractivity contribution is 0.996. The maximum Gasteiger partial charge on any atom is 0.187 e. The standard InChI is InChI=1S/C12H7N3S/c13-8-16-12-14-7-10-6-5-9-3-1-2-4-11(9)15(10)12/h1-7H. The van der Waals surface area contributed by atoms with Gasteiger partial charge in [0, 0.05) is 11.8 Å². The highest BCUT2D eigenvalue weighted by molar-refractivity contribution is 8.03. The average Bonchev–Trinajstić information content (AvgIpc) is 2.73. The highest BCUT2D eigenvalue weighted by Gasteiger charge is 2.06. The van der Waals surface area contributed by atoms with Crippen molar-refractivity contribution < 1.29 is 0 Å². The highest BCUT2D eigenvalue weighted by Crippen LogP contribution is 2.23. The first-order chi connectivity index (χ1) is 7.90. The fourth-order valence-corrected chi connectivity index (χ4v) is 2.31. The molecular formula is C12H7N3S. The Labute approximate surface area is 96.3 Å². The van der Waals surface area contributed by atoms with Crippen LogP contribution in [0.1, 0.15) is 0 Å². The number of thiocyanates is 1. The predicted molar refractivity (Wildman–Crippen MR) is 64.2 cm³/mol. The predicted octanol–water partition coefficient (Wildman–Crippen LogP) is 3.06. The smallest absolute Gasteiger partial charge is 0.187 e. The summed E-state index contributed by atoms with van der Waals surface area (Å²) in [5.41, 5.74) is 2.09. The van der Waals surface area contributed by atoms with Crippen LogP contribution in [0.5, 0.6) is 0 Å². The number of hydrogen-bond acceptors (Lipinski definition) is 3. The molecule has 0 saturated carbocycles. The van der Waals surface area contributed by atoms with E-state index in [0.29, 0.717) is 5.16 Å². The minimum Gasteiger partial charge on any atom is -0.287 e. The Balaban J connectivity index is 2.48. The van der Waals surface area contributed by atoms with Gasteiger partial charge in [-0.15, -0.1) is 0 Å². The molecule has 0 aliphatic carbocycles. The summed E-state index contributed by atoms with van der Waals surface area (Å²) >= 11 is 1.08. The van der Waals surface area contributed by atoms with Crippen LogP contribution in [0.2, 0.25) is 0 Å². The number of aromatic nitrogens is 2. The van der Waals surface area contributed by atoms with Crippen molar-refractivity contribution in [2.75, 3.05) is 0 Å². The number of fused-ring (bicyclic) bond motifs is 3. The summed E-state index contributed by atoms with van der Waals surface area (Å²) in [5.74, 6) is 0. The molecule has 16 heavy (non-hydrogen) atoms. The van der Waals surface area contributed by atoms with E-state index < -0.39 is 0 Å². The van der Waals surface area contributed by atoms with E-state index in [1.807, 2.05) is 28.7 Å². The van der Waals surface area contributed by atoms with Crippen molar-refractivity contribution in [3.05, 3.63) is 42.6 Å². The third-order valence-corrected chi connectivity index (χ3v) is 3.07. The molecule has 4 heteroatoms. The van der Waals surface area contributed by atoms with Crippen LogP contribution in [0.4, 0.5) is 0 Å². The first kappa shape index (κ1) is 9.25. The van der Waals surface area contributed by atoms with Gasteiger partial charge in [0.25, 0.3) is 0 Å². The Bertz CT molecular complexity index is 709. The summed E-state index contributed by atoms with van der Waals surface area (Å²) in [7, 11) is 0. The molecule has 0 spiro atoms. The lowest BCUT2D eigenvalue weighted by atomic mass is 10.2. The first-order valence-corrected chi connectivity index (χ1v) is 5.63. The summed E-state index contributed by atoms with van der Waals surface area (Å²) in [6.45, 7) is 0. The molecule has 0 bridgehead atoms. The lowest BCUT2D eigenvalue weighted by Gasteiger charge is -2.03. The second-order valence-electron chi connectivity index (χ2n) is 3.39. The average molecular weight is 225 g/mol. The number of pyridine rings is 1. The van der Waals surface area contributed by atoms with Gasteiger partial charge in [0.15, 0.2) is 5.16 Å². The maximum atomic E-state index is 8.73. The topological polar surface area (TPSA) is 41.1 Å². The zero-order valence-electron chi connectivity index (χ0n) is 8.29. The summed E-state index contributed by atoms with van der Waals surface area (Å²) < 4.78 is 2.00. The summed E-state index contributed by atoms with van der Waals surface area (Å²) in [4.78, 5) is 4.24. The quantitative estimate of drug-likeness (QED) is 0.472. The van der Waals surface area contributed by atoms with Crippen molar-refractivity contribution in [3.8, 4) is 5.40 Å². The van der Waals surface area contributed by atoms with Crippen LogP contribution < -0.4 is 0 Å². The van der Waals surface area contributed by atoms with Gasteiger partial charge in [0.1, 0.15) is 5.40 Å². The van der Waals surface area contributed by atoms with Gasteiger partial charge < -0.3 is 0 Å². The molecule has 3 rings (SSSR count). The van der Waals surface area contributed by atoms with Gasteiger partial charge in [-0.05, 0) is 17.5 Å². The molecule has 2 heterocycles. The van der Waals surface area contributed by atoms with Gasteiger partial charge in [-0.25, -0.2) is 4.98 Å². The Morgan fingerprint density at radius 2 is 2.06 bits per heavy atom. The van der Waals surface area contributed by atoms with Gasteiger partial charge in [0.2, 0.25) is 0 Å². The first-order valence-electron chi connectivity index (χ1n) is 4.81. The highest BCUT2D eigenvalue weighted by atomic mass is 32.2. The normalized spacial score (nSPS) is 10.7. The SMILES string of the molecule is N#CSc1ncc2ccc3ccccc3n12. The van der Waals surface area contributed by atoms with Gasteiger partial charge in [0.05, 0.1) is 17.2 Å². The van der Waals surface area contributed by atoms with E-state index in [0.717, 1.165) is 28.2 Å². The van der Waals surface area contributed by atoms with E-state index in [1.165, 1.54) is 0 Å². The van der Waals surface area contributed by atoms with E-state index >= 15 is 0 Å². The Morgan fingerprint density at radius 3 is 2.94 bits per heavy atom. The van der Waals surface area contributed by atoms with Crippen molar-refractivity contribution in [1.29, 1.82) is 5.26 Å². The van der Waals surface area contributed by atoms with Crippen LogP contribution in [0.3, 0.4) is 0 Å². The number of imidazole rings is 1. The van der Waals surface area contributed by atoms with Crippen molar-refractivity contribution in [2.24, 2.45) is 0 Å². The molecule has 0 unspecified atom stereocenters. The number of nitrogens with zero attached hydrogens (tertiary/aromatic N) is 3. The van der Waals surface area contributed by atoms with E-state index in [2.05, 4.69) is 22.5 Å². The molecule has 2 aromatic heterocycles. The Hall–Kier alpha value is -1.99. The number of rotatable bonds is 1. The molecule has 0 N–H and O–H groups in total. The second-order valence-corrected chi connectivity index (χ2v) is 4.14. The van der Waals surface area contributed by atoms with Crippen LogP contribution in [0.15, 0.2) is 47.8 Å². The van der Waals surface area contributed by atoms with Crippen LogP contribution in [0.25, 0.3) is 16.4 Å². The van der Waals surface area contributed by atoms with Gasteiger partial charge in [-0.3, -0.25) is 4.40 Å². The fourth-order valence-electron chi connectivity index (χ4n) is 1.83. The molecule has 0 aliphatic heterocycles. The summed E-state index contributed by atoms with van der Waals surface area (Å²) in [5, 5.41) is 12.7. The number of para-hydroxylation sites is 1. The van der Waals surface area contributed by atoms with Crippen molar-refractivity contribution in [3.63, 3.8) is 0 Å². The maximum absolute atomic E-state index is 8.73. The number of hydrogen-bond donors (Lipinski definition) is 0. The number of benzene rings is 1. The zero-order chi connectivity index (χ0) is 11.0. The molecule has 76 valence electrons. The molecule has 3 nitrogen and oxygen atoms in total. The lowest BCUT2D eigenvalue weighted by Crippen LogP contribution is -1.89. The minimum absolute atomic E-state index is 0.717. The molecule has 0 fully saturated rings. The Morgan fingerprint density at radius 1 is 1.19 bits per heavy atom. The van der Waals surface area contributed by atoms with Crippen molar-refractivity contribution in [1.82, 2.24) is 9.38 Å². The third-order valence-electron chi connectivity index (χ3n) is 2.50. The van der Waals surface area contributed by atoms with Gasteiger partial charge >= 0.3 is 0 Å². The molecule has 0 saturated heterocycles. The minimum atomic E-state index is 0.717. The van der Waals surface area contributed by atoms with Crippen LogP contribution >= 0.6 is 11.8 Å². The molecule has 3 aromatic rings. The third kappa shape index (κ3) is 1.26. The van der Waals surface area contributed by atoms with E-state index in [1.54, 1.807) is 6.20 Å². The summed E-state index contributed by atoms with van der Waals surface area (Å²) in [6.07, 6.45) is 1.78. The molecular weight excluding hydrogens is 218 g/mol. The van der Waals surface area contributed by atoms with E-state index in [4.69, 9.17) is 5.26 Å². The molecule has 0 atom stereocenters. The summed E-state index contributed by atoms with van der Waals surface area (Å²) in [6, 6.07) is 12.1. The Kier molecular flexibility index (Phi) is 2.05. The molecule has 0 radical (unpaired) electrons. The van der Waals surface area contributed by atoms with Crippen molar-refractivity contribution >= 4 is 28.2 Å². The van der Waals surface area contributed by atoms with Crippen molar-refractivity contribution in [2.45, 2.75) is 5.16 Å². The number of thioether (sulfide) groups is 1. The van der Waals surface area contributed by atoms with E-state index in [9.17, 15) is 0 Å². The molecule has 0 aliphatic rings.